The van der Waals surface area contributed by atoms with E-state index in [2.05, 4.69) is 10.3 Å². The molecule has 30 heavy (non-hydrogen) atoms. The molecule has 1 fully saturated rings. The molecule has 1 aliphatic heterocycles. The van der Waals surface area contributed by atoms with Crippen LogP contribution in [0.4, 0.5) is 5.69 Å². The molecule has 0 aliphatic carbocycles. The van der Waals surface area contributed by atoms with Crippen LogP contribution >= 0.6 is 11.6 Å². The number of fused-ring (bicyclic) bond motifs is 1. The first-order chi connectivity index (χ1) is 14.5. The average molecular weight is 425 g/mol. The first kappa shape index (κ1) is 20.6. The van der Waals surface area contributed by atoms with Gasteiger partial charge in [-0.3, -0.25) is 9.78 Å². The van der Waals surface area contributed by atoms with Crippen LogP contribution in [0.15, 0.2) is 54.7 Å². The summed E-state index contributed by atoms with van der Waals surface area (Å²) in [4.78, 5) is 18.2. The van der Waals surface area contributed by atoms with Crippen LogP contribution in [0.1, 0.15) is 32.3 Å². The van der Waals surface area contributed by atoms with Crippen LogP contribution in [0.2, 0.25) is 5.02 Å². The number of rotatable bonds is 5. The van der Waals surface area contributed by atoms with Gasteiger partial charge in [0.2, 0.25) is 5.91 Å². The summed E-state index contributed by atoms with van der Waals surface area (Å²) in [6.07, 6.45) is 2.91. The molecular formula is C24H25ClN2O3. The highest BCUT2D eigenvalue weighted by atomic mass is 35.5. The molecule has 1 aromatic heterocycles. The van der Waals surface area contributed by atoms with Crippen molar-refractivity contribution in [3.63, 3.8) is 0 Å². The van der Waals surface area contributed by atoms with Crippen molar-refractivity contribution in [2.24, 2.45) is 0 Å². The number of halogens is 1. The largest absolute Gasteiger partial charge is 0.489 e. The zero-order valence-corrected chi connectivity index (χ0v) is 17.9. The van der Waals surface area contributed by atoms with Gasteiger partial charge in [-0.1, -0.05) is 29.8 Å². The van der Waals surface area contributed by atoms with E-state index in [0.717, 1.165) is 16.5 Å². The number of ether oxygens (including phenoxy) is 2. The van der Waals surface area contributed by atoms with Crippen LogP contribution in [0, 0.1) is 0 Å². The third-order valence-electron chi connectivity index (χ3n) is 5.51. The summed E-state index contributed by atoms with van der Waals surface area (Å²) in [5.74, 6) is 0.618. The Morgan fingerprint density at radius 2 is 1.90 bits per heavy atom. The summed E-state index contributed by atoms with van der Waals surface area (Å²) >= 11 is 6.51. The molecule has 1 N–H and O–H groups in total. The Balaban J connectivity index is 1.73. The summed E-state index contributed by atoms with van der Waals surface area (Å²) in [6.45, 7) is 4.98. The van der Waals surface area contributed by atoms with Crippen LogP contribution in [0.3, 0.4) is 0 Å². The minimum atomic E-state index is -0.738. The predicted molar refractivity (Wildman–Crippen MR) is 119 cm³/mol. The van der Waals surface area contributed by atoms with Gasteiger partial charge in [0, 0.05) is 29.8 Å². The summed E-state index contributed by atoms with van der Waals surface area (Å²) in [7, 11) is 0. The molecule has 156 valence electrons. The Bertz CT molecular complexity index is 1060. The number of hydrogen-bond donors (Lipinski definition) is 1. The molecule has 1 amide bonds. The molecular weight excluding hydrogens is 400 g/mol. The van der Waals surface area contributed by atoms with Gasteiger partial charge in [-0.2, -0.15) is 0 Å². The smallest absolute Gasteiger partial charge is 0.235 e. The molecule has 1 aliphatic rings. The van der Waals surface area contributed by atoms with Crippen molar-refractivity contribution >= 4 is 34.1 Å². The maximum absolute atomic E-state index is 13.7. The number of benzene rings is 2. The summed E-state index contributed by atoms with van der Waals surface area (Å²) in [5, 5.41) is 4.59. The van der Waals surface area contributed by atoms with Gasteiger partial charge in [-0.05, 0) is 62.6 Å². The standard InChI is InChI=1S/C24H25ClN2O3/c1-16(2)30-21-10-9-20(17-6-5-13-26-22(17)21)27-23(28)24(11-14-29-15-12-24)18-7-3-4-8-19(18)25/h3-10,13,16H,11-12,14-15H2,1-2H3,(H,27,28). The van der Waals surface area contributed by atoms with E-state index >= 15 is 0 Å². The quantitative estimate of drug-likeness (QED) is 0.598. The van der Waals surface area contributed by atoms with E-state index in [-0.39, 0.29) is 12.0 Å². The van der Waals surface area contributed by atoms with Gasteiger partial charge in [0.1, 0.15) is 11.3 Å². The Morgan fingerprint density at radius 3 is 2.63 bits per heavy atom. The lowest BCUT2D eigenvalue weighted by Gasteiger charge is -2.37. The van der Waals surface area contributed by atoms with Crippen LogP contribution in [-0.4, -0.2) is 30.2 Å². The van der Waals surface area contributed by atoms with Crippen molar-refractivity contribution in [3.8, 4) is 5.75 Å². The molecule has 2 aromatic carbocycles. The van der Waals surface area contributed by atoms with E-state index in [1.54, 1.807) is 6.20 Å². The molecule has 0 bridgehead atoms. The van der Waals surface area contributed by atoms with E-state index in [4.69, 9.17) is 21.1 Å². The molecule has 2 heterocycles. The van der Waals surface area contributed by atoms with E-state index < -0.39 is 5.41 Å². The second kappa shape index (κ2) is 8.62. The number of carbonyl (C=O) groups is 1. The van der Waals surface area contributed by atoms with Gasteiger partial charge < -0.3 is 14.8 Å². The number of amides is 1. The van der Waals surface area contributed by atoms with Crippen molar-refractivity contribution in [2.75, 3.05) is 18.5 Å². The Hall–Kier alpha value is -2.63. The summed E-state index contributed by atoms with van der Waals surface area (Å²) < 4.78 is 11.5. The van der Waals surface area contributed by atoms with Crippen LogP contribution in [0.5, 0.6) is 5.75 Å². The Morgan fingerprint density at radius 1 is 1.13 bits per heavy atom. The normalized spacial score (nSPS) is 15.9. The molecule has 4 rings (SSSR count). The topological polar surface area (TPSA) is 60.5 Å². The molecule has 0 saturated carbocycles. The molecule has 5 nitrogen and oxygen atoms in total. The second-order valence-corrected chi connectivity index (χ2v) is 8.21. The number of pyridine rings is 1. The molecule has 0 atom stereocenters. The first-order valence-corrected chi connectivity index (χ1v) is 10.6. The average Bonchev–Trinajstić information content (AvgIpc) is 2.76. The van der Waals surface area contributed by atoms with Crippen LogP contribution in [-0.2, 0) is 14.9 Å². The van der Waals surface area contributed by atoms with E-state index in [0.29, 0.717) is 42.5 Å². The lowest BCUT2D eigenvalue weighted by molar-refractivity contribution is -0.125. The van der Waals surface area contributed by atoms with E-state index in [9.17, 15) is 4.79 Å². The maximum atomic E-state index is 13.7. The molecule has 0 unspecified atom stereocenters. The van der Waals surface area contributed by atoms with Gasteiger partial charge in [0.25, 0.3) is 0 Å². The van der Waals surface area contributed by atoms with Gasteiger partial charge >= 0.3 is 0 Å². The minimum Gasteiger partial charge on any atom is -0.489 e. The number of anilines is 1. The predicted octanol–water partition coefficient (Wildman–Crippen LogP) is 5.36. The van der Waals surface area contributed by atoms with E-state index in [1.165, 1.54) is 0 Å². The Labute approximate surface area is 181 Å². The van der Waals surface area contributed by atoms with Crippen LogP contribution < -0.4 is 10.1 Å². The van der Waals surface area contributed by atoms with Crippen molar-refractivity contribution in [2.45, 2.75) is 38.2 Å². The second-order valence-electron chi connectivity index (χ2n) is 7.81. The highest BCUT2D eigenvalue weighted by Gasteiger charge is 2.43. The SMILES string of the molecule is CC(C)Oc1ccc(NC(=O)C2(c3ccccc3Cl)CCOCC2)c2cccnc12. The van der Waals surface area contributed by atoms with Crippen molar-refractivity contribution in [1.82, 2.24) is 4.98 Å². The third-order valence-corrected chi connectivity index (χ3v) is 5.84. The van der Waals surface area contributed by atoms with Crippen molar-refractivity contribution in [3.05, 3.63) is 65.3 Å². The summed E-state index contributed by atoms with van der Waals surface area (Å²) in [5.41, 5.74) is 1.53. The molecule has 1 saturated heterocycles. The molecule has 6 heteroatoms. The minimum absolute atomic E-state index is 0.0291. The lowest BCUT2D eigenvalue weighted by Crippen LogP contribution is -2.45. The zero-order chi connectivity index (χ0) is 21.1. The highest BCUT2D eigenvalue weighted by Crippen LogP contribution is 2.40. The van der Waals surface area contributed by atoms with Gasteiger partial charge in [0.05, 0.1) is 17.2 Å². The number of carbonyl (C=O) groups excluding carboxylic acids is 1. The first-order valence-electron chi connectivity index (χ1n) is 10.2. The fraction of sp³-hybridized carbons (Fsp3) is 0.333. The monoisotopic (exact) mass is 424 g/mol. The van der Waals surface area contributed by atoms with E-state index in [1.807, 2.05) is 62.4 Å². The summed E-state index contributed by atoms with van der Waals surface area (Å²) in [6, 6.07) is 15.1. The van der Waals surface area contributed by atoms with Gasteiger partial charge in [-0.15, -0.1) is 0 Å². The molecule has 0 radical (unpaired) electrons. The highest BCUT2D eigenvalue weighted by molar-refractivity contribution is 6.32. The number of aromatic nitrogens is 1. The number of hydrogen-bond acceptors (Lipinski definition) is 4. The van der Waals surface area contributed by atoms with Gasteiger partial charge in [0.15, 0.2) is 0 Å². The zero-order valence-electron chi connectivity index (χ0n) is 17.2. The fourth-order valence-corrected chi connectivity index (χ4v) is 4.35. The number of nitrogens with one attached hydrogen (secondary N) is 1. The van der Waals surface area contributed by atoms with Crippen molar-refractivity contribution < 1.29 is 14.3 Å². The fourth-order valence-electron chi connectivity index (χ4n) is 4.03. The van der Waals surface area contributed by atoms with Crippen molar-refractivity contribution in [1.29, 1.82) is 0 Å². The number of nitrogens with zero attached hydrogens (tertiary/aromatic N) is 1. The third kappa shape index (κ3) is 3.87. The Kier molecular flexibility index (Phi) is 5.93. The lowest BCUT2D eigenvalue weighted by atomic mass is 9.73. The van der Waals surface area contributed by atoms with Crippen LogP contribution in [0.25, 0.3) is 10.9 Å². The van der Waals surface area contributed by atoms with Gasteiger partial charge in [-0.25, -0.2) is 0 Å². The molecule has 3 aromatic rings. The molecule has 0 spiro atoms. The maximum Gasteiger partial charge on any atom is 0.235 e.